The van der Waals surface area contributed by atoms with Gasteiger partial charge in [0.2, 0.25) is 0 Å². The van der Waals surface area contributed by atoms with Crippen LogP contribution < -0.4 is 11.1 Å². The predicted molar refractivity (Wildman–Crippen MR) is 75.0 cm³/mol. The van der Waals surface area contributed by atoms with E-state index in [-0.39, 0.29) is 5.82 Å². The SMILES string of the molecule is Cc1cc(N)ccc1F.O=C1Nc2ccccc2C1=O. The molecule has 3 N–H and O–H groups in total. The van der Waals surface area contributed by atoms with E-state index in [9.17, 15) is 14.0 Å². The van der Waals surface area contributed by atoms with Gasteiger partial charge in [0.15, 0.2) is 0 Å². The summed E-state index contributed by atoms with van der Waals surface area (Å²) in [6, 6.07) is 11.4. The number of nitrogens with two attached hydrogens (primary N) is 1. The molecule has 5 heteroatoms. The minimum atomic E-state index is -0.536. The van der Waals surface area contributed by atoms with Gasteiger partial charge in [-0.05, 0) is 42.8 Å². The Labute approximate surface area is 115 Å². The van der Waals surface area contributed by atoms with Gasteiger partial charge < -0.3 is 11.1 Å². The first-order valence-corrected chi connectivity index (χ1v) is 5.95. The number of nitrogen functional groups attached to an aromatic ring is 1. The molecule has 0 fully saturated rings. The number of hydrogen-bond acceptors (Lipinski definition) is 3. The van der Waals surface area contributed by atoms with Crippen LogP contribution in [-0.2, 0) is 4.79 Å². The Morgan fingerprint density at radius 3 is 2.40 bits per heavy atom. The molecule has 102 valence electrons. The third-order valence-electron chi connectivity index (χ3n) is 2.81. The Kier molecular flexibility index (Phi) is 3.79. The number of hydrogen-bond donors (Lipinski definition) is 2. The number of halogens is 1. The highest BCUT2D eigenvalue weighted by Crippen LogP contribution is 2.21. The van der Waals surface area contributed by atoms with E-state index in [1.54, 1.807) is 43.3 Å². The van der Waals surface area contributed by atoms with Crippen LogP contribution in [0.15, 0.2) is 42.5 Å². The summed E-state index contributed by atoms with van der Waals surface area (Å²) in [5.41, 5.74) is 7.64. The lowest BCUT2D eigenvalue weighted by atomic mass is 10.1. The lowest BCUT2D eigenvalue weighted by Gasteiger charge is -1.95. The highest BCUT2D eigenvalue weighted by atomic mass is 19.1. The number of benzene rings is 2. The second-order valence-corrected chi connectivity index (χ2v) is 4.34. The van der Waals surface area contributed by atoms with Crippen molar-refractivity contribution in [3.05, 3.63) is 59.4 Å². The molecule has 3 rings (SSSR count). The molecule has 0 spiro atoms. The molecule has 0 bridgehead atoms. The monoisotopic (exact) mass is 272 g/mol. The molecule has 1 aliphatic rings. The zero-order valence-electron chi connectivity index (χ0n) is 10.8. The van der Waals surface area contributed by atoms with E-state index in [1.807, 2.05) is 0 Å². The molecule has 0 atom stereocenters. The fourth-order valence-corrected chi connectivity index (χ4v) is 1.76. The normalized spacial score (nSPS) is 12.3. The molecule has 0 aliphatic carbocycles. The maximum atomic E-state index is 12.4. The van der Waals surface area contributed by atoms with Crippen molar-refractivity contribution in [1.82, 2.24) is 0 Å². The van der Waals surface area contributed by atoms with Crippen LogP contribution in [0.1, 0.15) is 15.9 Å². The van der Waals surface area contributed by atoms with Gasteiger partial charge in [-0.15, -0.1) is 0 Å². The number of nitrogens with one attached hydrogen (secondary N) is 1. The highest BCUT2D eigenvalue weighted by Gasteiger charge is 2.26. The standard InChI is InChI=1S/C8H5NO2.C7H8FN/c10-7-5-3-1-2-4-6(5)9-8(7)11;1-5-4-6(9)2-3-7(5)8/h1-4H,(H,9,10,11);2-4H,9H2,1H3. The van der Waals surface area contributed by atoms with Crippen molar-refractivity contribution >= 4 is 23.1 Å². The van der Waals surface area contributed by atoms with E-state index in [4.69, 9.17) is 5.73 Å². The minimum absolute atomic E-state index is 0.204. The van der Waals surface area contributed by atoms with Crippen LogP contribution in [0.2, 0.25) is 0 Å². The van der Waals surface area contributed by atoms with Crippen LogP contribution >= 0.6 is 0 Å². The maximum Gasteiger partial charge on any atom is 0.296 e. The summed E-state index contributed by atoms with van der Waals surface area (Å²) >= 11 is 0. The number of Topliss-reactive ketones (excluding diaryl/α,β-unsaturated/α-hetero) is 1. The number of fused-ring (bicyclic) bond motifs is 1. The van der Waals surface area contributed by atoms with Crippen molar-refractivity contribution in [2.45, 2.75) is 6.92 Å². The van der Waals surface area contributed by atoms with Crippen LogP contribution in [0.25, 0.3) is 0 Å². The molecule has 1 aliphatic heterocycles. The second-order valence-electron chi connectivity index (χ2n) is 4.34. The molecule has 0 radical (unpaired) electrons. The number of aryl methyl sites for hydroxylation is 1. The number of carbonyl (C=O) groups excluding carboxylic acids is 2. The van der Waals surface area contributed by atoms with Crippen molar-refractivity contribution in [3.8, 4) is 0 Å². The van der Waals surface area contributed by atoms with E-state index in [0.29, 0.717) is 22.5 Å². The first-order chi connectivity index (χ1) is 9.49. The molecule has 20 heavy (non-hydrogen) atoms. The van der Waals surface area contributed by atoms with E-state index in [2.05, 4.69) is 5.32 Å². The molecule has 1 amide bonds. The number of para-hydroxylation sites is 1. The average molecular weight is 272 g/mol. The van der Waals surface area contributed by atoms with Gasteiger partial charge in [0.05, 0.1) is 11.3 Å². The number of ketones is 1. The zero-order chi connectivity index (χ0) is 14.7. The fourth-order valence-electron chi connectivity index (χ4n) is 1.76. The number of rotatable bonds is 0. The second kappa shape index (κ2) is 5.52. The van der Waals surface area contributed by atoms with Crippen molar-refractivity contribution in [2.24, 2.45) is 0 Å². The summed E-state index contributed by atoms with van der Waals surface area (Å²) in [4.78, 5) is 21.8. The number of amides is 1. The van der Waals surface area contributed by atoms with Gasteiger partial charge in [-0.1, -0.05) is 12.1 Å². The third-order valence-corrected chi connectivity index (χ3v) is 2.81. The Balaban J connectivity index is 0.000000151. The molecule has 0 saturated heterocycles. The van der Waals surface area contributed by atoms with Crippen molar-refractivity contribution < 1.29 is 14.0 Å². The van der Waals surface area contributed by atoms with Crippen molar-refractivity contribution in [1.29, 1.82) is 0 Å². The molecule has 2 aromatic carbocycles. The molecule has 0 saturated carbocycles. The van der Waals surface area contributed by atoms with Gasteiger partial charge >= 0.3 is 0 Å². The van der Waals surface area contributed by atoms with Crippen molar-refractivity contribution in [2.75, 3.05) is 11.1 Å². The smallest absolute Gasteiger partial charge is 0.296 e. The van der Waals surface area contributed by atoms with Crippen LogP contribution in [-0.4, -0.2) is 11.7 Å². The van der Waals surface area contributed by atoms with Gasteiger partial charge in [-0.3, -0.25) is 9.59 Å². The summed E-state index contributed by atoms with van der Waals surface area (Å²) in [5.74, 6) is -1.18. The Bertz CT molecular complexity index is 683. The third kappa shape index (κ3) is 2.83. The molecule has 2 aromatic rings. The molecular weight excluding hydrogens is 259 g/mol. The summed E-state index contributed by atoms with van der Waals surface area (Å²) < 4.78 is 12.4. The Morgan fingerprint density at radius 2 is 1.80 bits per heavy atom. The van der Waals surface area contributed by atoms with Crippen LogP contribution in [0.3, 0.4) is 0 Å². The molecule has 0 aromatic heterocycles. The molecular formula is C15H13FN2O2. The Hall–Kier alpha value is -2.69. The van der Waals surface area contributed by atoms with Crippen LogP contribution in [0, 0.1) is 12.7 Å². The number of anilines is 2. The quantitative estimate of drug-likeness (QED) is 0.572. The summed E-state index contributed by atoms with van der Waals surface area (Å²) in [5, 5.41) is 2.46. The summed E-state index contributed by atoms with van der Waals surface area (Å²) in [7, 11) is 0. The van der Waals surface area contributed by atoms with Gasteiger partial charge in [0, 0.05) is 5.69 Å². The lowest BCUT2D eigenvalue weighted by molar-refractivity contribution is -0.112. The maximum absolute atomic E-state index is 12.4. The number of carbonyl (C=O) groups is 2. The van der Waals surface area contributed by atoms with Crippen LogP contribution in [0.5, 0.6) is 0 Å². The van der Waals surface area contributed by atoms with Gasteiger partial charge in [0.25, 0.3) is 11.7 Å². The topological polar surface area (TPSA) is 72.2 Å². The first-order valence-electron chi connectivity index (χ1n) is 5.95. The minimum Gasteiger partial charge on any atom is -0.399 e. The zero-order valence-corrected chi connectivity index (χ0v) is 10.8. The highest BCUT2D eigenvalue weighted by molar-refractivity contribution is 6.51. The average Bonchev–Trinajstić information content (AvgIpc) is 2.71. The largest absolute Gasteiger partial charge is 0.399 e. The molecule has 0 unspecified atom stereocenters. The van der Waals surface area contributed by atoms with Gasteiger partial charge in [0.1, 0.15) is 5.82 Å². The predicted octanol–water partition coefficient (Wildman–Crippen LogP) is 2.54. The van der Waals surface area contributed by atoms with E-state index >= 15 is 0 Å². The first kappa shape index (κ1) is 13.7. The van der Waals surface area contributed by atoms with Gasteiger partial charge in [-0.2, -0.15) is 0 Å². The van der Waals surface area contributed by atoms with E-state index < -0.39 is 11.7 Å². The van der Waals surface area contributed by atoms with E-state index in [1.165, 1.54) is 6.07 Å². The van der Waals surface area contributed by atoms with Crippen molar-refractivity contribution in [3.63, 3.8) is 0 Å². The summed E-state index contributed by atoms with van der Waals surface area (Å²) in [6.07, 6.45) is 0. The van der Waals surface area contributed by atoms with E-state index in [0.717, 1.165) is 0 Å². The lowest BCUT2D eigenvalue weighted by Crippen LogP contribution is -2.12. The summed E-state index contributed by atoms with van der Waals surface area (Å²) in [6.45, 7) is 1.69. The van der Waals surface area contributed by atoms with Crippen LogP contribution in [0.4, 0.5) is 15.8 Å². The Morgan fingerprint density at radius 1 is 1.10 bits per heavy atom. The fraction of sp³-hybridized carbons (Fsp3) is 0.0667. The molecule has 1 heterocycles. The molecule has 4 nitrogen and oxygen atoms in total. The van der Waals surface area contributed by atoms with Gasteiger partial charge in [-0.25, -0.2) is 4.39 Å².